The predicted molar refractivity (Wildman–Crippen MR) is 63.9 cm³/mol. The van der Waals surface area contributed by atoms with E-state index in [2.05, 4.69) is 10.1 Å². The molecule has 90 valence electrons. The van der Waals surface area contributed by atoms with Crippen molar-refractivity contribution < 1.29 is 5.21 Å². The summed E-state index contributed by atoms with van der Waals surface area (Å²) in [6, 6.07) is 3.68. The maximum atomic E-state index is 8.66. The molecule has 0 saturated carbocycles. The molecule has 0 aromatic carbocycles. The number of hydrogen-bond acceptors (Lipinski definition) is 3. The molecule has 2 rings (SSSR count). The maximum Gasteiger partial charge on any atom is 0.186 e. The summed E-state index contributed by atoms with van der Waals surface area (Å²) in [5.41, 5.74) is 6.29. The summed E-state index contributed by atoms with van der Waals surface area (Å²) >= 11 is 0. The first-order valence-corrected chi connectivity index (χ1v) is 5.31. The van der Waals surface area contributed by atoms with E-state index < -0.39 is 0 Å². The van der Waals surface area contributed by atoms with Crippen LogP contribution < -0.4 is 5.73 Å². The molecule has 2 aromatic rings. The second-order valence-electron chi connectivity index (χ2n) is 3.78. The normalized spacial score (nSPS) is 11.9. The fourth-order valence-electron chi connectivity index (χ4n) is 1.75. The van der Waals surface area contributed by atoms with E-state index in [1.165, 1.54) is 0 Å². The SMILES string of the molecule is Cn1ccnc1CCn1cccc1/C(N)=N/O. The van der Waals surface area contributed by atoms with Gasteiger partial charge >= 0.3 is 0 Å². The van der Waals surface area contributed by atoms with Crippen molar-refractivity contribution >= 4 is 5.84 Å². The first kappa shape index (κ1) is 11.3. The third-order valence-corrected chi connectivity index (χ3v) is 2.70. The average Bonchev–Trinajstić information content (AvgIpc) is 2.94. The van der Waals surface area contributed by atoms with Gasteiger partial charge in [-0.3, -0.25) is 0 Å². The van der Waals surface area contributed by atoms with Crippen molar-refractivity contribution in [1.29, 1.82) is 0 Å². The van der Waals surface area contributed by atoms with Crippen LogP contribution in [-0.4, -0.2) is 25.2 Å². The number of nitrogens with zero attached hydrogens (tertiary/aromatic N) is 4. The Morgan fingerprint density at radius 2 is 2.35 bits per heavy atom. The Kier molecular flexibility index (Phi) is 3.13. The molecule has 0 bridgehead atoms. The summed E-state index contributed by atoms with van der Waals surface area (Å²) in [6.07, 6.45) is 6.38. The number of oxime groups is 1. The minimum Gasteiger partial charge on any atom is -0.409 e. The topological polar surface area (TPSA) is 81.4 Å². The highest BCUT2D eigenvalue weighted by Crippen LogP contribution is 2.05. The summed E-state index contributed by atoms with van der Waals surface area (Å²) in [5, 5.41) is 11.7. The van der Waals surface area contributed by atoms with Gasteiger partial charge in [0.25, 0.3) is 0 Å². The van der Waals surface area contributed by atoms with Gasteiger partial charge in [0, 0.05) is 38.6 Å². The number of hydrogen-bond donors (Lipinski definition) is 2. The highest BCUT2D eigenvalue weighted by Gasteiger charge is 2.06. The molecule has 0 atom stereocenters. The van der Waals surface area contributed by atoms with Gasteiger partial charge in [0.2, 0.25) is 0 Å². The average molecular weight is 233 g/mol. The largest absolute Gasteiger partial charge is 0.409 e. The summed E-state index contributed by atoms with van der Waals surface area (Å²) < 4.78 is 3.91. The van der Waals surface area contributed by atoms with Crippen LogP contribution in [0.1, 0.15) is 11.5 Å². The monoisotopic (exact) mass is 233 g/mol. The molecule has 0 radical (unpaired) electrons. The number of amidine groups is 1. The number of nitrogens with two attached hydrogens (primary N) is 1. The second kappa shape index (κ2) is 4.73. The molecule has 0 saturated heterocycles. The van der Waals surface area contributed by atoms with Crippen LogP contribution in [0, 0.1) is 0 Å². The standard InChI is InChI=1S/C11H15N5O/c1-15-8-5-13-10(15)4-7-16-6-2-3-9(16)11(12)14-17/h2-3,5-6,8,17H,4,7H2,1H3,(H2,12,14). The van der Waals surface area contributed by atoms with E-state index in [1.54, 1.807) is 6.20 Å². The summed E-state index contributed by atoms with van der Waals surface area (Å²) in [6.45, 7) is 0.739. The molecule has 0 unspecified atom stereocenters. The Morgan fingerprint density at radius 3 is 3.00 bits per heavy atom. The van der Waals surface area contributed by atoms with Gasteiger partial charge in [-0.2, -0.15) is 0 Å². The lowest BCUT2D eigenvalue weighted by atomic mass is 10.3. The zero-order chi connectivity index (χ0) is 12.3. The van der Waals surface area contributed by atoms with E-state index in [1.807, 2.05) is 40.7 Å². The Bertz CT molecular complexity index is 525. The van der Waals surface area contributed by atoms with Crippen LogP contribution in [0.3, 0.4) is 0 Å². The molecule has 6 nitrogen and oxygen atoms in total. The van der Waals surface area contributed by atoms with Crippen LogP contribution in [0.25, 0.3) is 0 Å². The molecule has 2 heterocycles. The van der Waals surface area contributed by atoms with Crippen molar-refractivity contribution in [1.82, 2.24) is 14.1 Å². The first-order chi connectivity index (χ1) is 8.22. The van der Waals surface area contributed by atoms with Gasteiger partial charge in [0.15, 0.2) is 5.84 Å². The Morgan fingerprint density at radius 1 is 1.53 bits per heavy atom. The van der Waals surface area contributed by atoms with Gasteiger partial charge in [-0.15, -0.1) is 0 Å². The fraction of sp³-hybridized carbons (Fsp3) is 0.273. The Hall–Kier alpha value is -2.24. The van der Waals surface area contributed by atoms with E-state index in [4.69, 9.17) is 10.9 Å². The van der Waals surface area contributed by atoms with Gasteiger partial charge in [0.05, 0.1) is 5.69 Å². The number of aryl methyl sites for hydroxylation is 3. The van der Waals surface area contributed by atoms with Crippen molar-refractivity contribution in [3.63, 3.8) is 0 Å². The van der Waals surface area contributed by atoms with Gasteiger partial charge < -0.3 is 20.1 Å². The first-order valence-electron chi connectivity index (χ1n) is 5.31. The lowest BCUT2D eigenvalue weighted by molar-refractivity contribution is 0.318. The highest BCUT2D eigenvalue weighted by molar-refractivity contribution is 5.95. The van der Waals surface area contributed by atoms with Gasteiger partial charge in [-0.05, 0) is 12.1 Å². The fourth-order valence-corrected chi connectivity index (χ4v) is 1.75. The molecule has 3 N–H and O–H groups in total. The number of imidazole rings is 1. The van der Waals surface area contributed by atoms with E-state index in [-0.39, 0.29) is 5.84 Å². The smallest absolute Gasteiger partial charge is 0.186 e. The van der Waals surface area contributed by atoms with Crippen LogP contribution in [0.2, 0.25) is 0 Å². The van der Waals surface area contributed by atoms with Crippen molar-refractivity contribution in [2.45, 2.75) is 13.0 Å². The van der Waals surface area contributed by atoms with Crippen molar-refractivity contribution in [2.75, 3.05) is 0 Å². The minimum absolute atomic E-state index is 0.120. The molecule has 0 spiro atoms. The number of rotatable bonds is 4. The minimum atomic E-state index is 0.120. The summed E-state index contributed by atoms with van der Waals surface area (Å²) in [4.78, 5) is 4.25. The highest BCUT2D eigenvalue weighted by atomic mass is 16.4. The third kappa shape index (κ3) is 2.30. The summed E-state index contributed by atoms with van der Waals surface area (Å²) in [7, 11) is 1.96. The predicted octanol–water partition coefficient (Wildman–Crippen LogP) is 0.559. The van der Waals surface area contributed by atoms with Crippen LogP contribution >= 0.6 is 0 Å². The zero-order valence-corrected chi connectivity index (χ0v) is 9.61. The van der Waals surface area contributed by atoms with E-state index in [0.29, 0.717) is 5.69 Å². The molecule has 0 aliphatic carbocycles. The van der Waals surface area contributed by atoms with Crippen molar-refractivity contribution in [3.05, 3.63) is 42.2 Å². The summed E-state index contributed by atoms with van der Waals surface area (Å²) in [5.74, 6) is 1.12. The van der Waals surface area contributed by atoms with Gasteiger partial charge in [-0.1, -0.05) is 5.16 Å². The van der Waals surface area contributed by atoms with Crippen LogP contribution in [0.4, 0.5) is 0 Å². The van der Waals surface area contributed by atoms with E-state index in [0.717, 1.165) is 18.8 Å². The third-order valence-electron chi connectivity index (χ3n) is 2.70. The molecular formula is C11H15N5O. The molecular weight excluding hydrogens is 218 g/mol. The maximum absolute atomic E-state index is 8.66. The molecule has 0 amide bonds. The second-order valence-corrected chi connectivity index (χ2v) is 3.78. The van der Waals surface area contributed by atoms with E-state index >= 15 is 0 Å². The van der Waals surface area contributed by atoms with E-state index in [9.17, 15) is 0 Å². The van der Waals surface area contributed by atoms with Crippen molar-refractivity contribution in [2.24, 2.45) is 17.9 Å². The Labute approximate surface area is 99.0 Å². The molecule has 0 aliphatic heterocycles. The lowest BCUT2D eigenvalue weighted by Gasteiger charge is -2.07. The lowest BCUT2D eigenvalue weighted by Crippen LogP contribution is -2.19. The molecule has 0 aliphatic rings. The van der Waals surface area contributed by atoms with Gasteiger partial charge in [0.1, 0.15) is 5.82 Å². The quantitative estimate of drug-likeness (QED) is 0.350. The Balaban J connectivity index is 2.10. The molecule has 2 aromatic heterocycles. The van der Waals surface area contributed by atoms with Crippen LogP contribution in [0.15, 0.2) is 35.9 Å². The molecule has 17 heavy (non-hydrogen) atoms. The molecule has 6 heteroatoms. The van der Waals surface area contributed by atoms with Gasteiger partial charge in [-0.25, -0.2) is 4.98 Å². The molecule has 0 fully saturated rings. The van der Waals surface area contributed by atoms with Crippen LogP contribution in [-0.2, 0) is 20.0 Å². The zero-order valence-electron chi connectivity index (χ0n) is 9.61. The van der Waals surface area contributed by atoms with Crippen LogP contribution in [0.5, 0.6) is 0 Å². The van der Waals surface area contributed by atoms with Crippen molar-refractivity contribution in [3.8, 4) is 0 Å². The number of aromatic nitrogens is 3.